The highest BCUT2D eigenvalue weighted by atomic mass is 16.6. The summed E-state index contributed by atoms with van der Waals surface area (Å²) in [5, 5.41) is 0. The van der Waals surface area contributed by atoms with Gasteiger partial charge < -0.3 is 14.2 Å². The van der Waals surface area contributed by atoms with Gasteiger partial charge in [0.2, 0.25) is 12.0 Å². The van der Waals surface area contributed by atoms with E-state index in [0.717, 1.165) is 5.75 Å². The summed E-state index contributed by atoms with van der Waals surface area (Å²) in [5.41, 5.74) is 4.73. The van der Waals surface area contributed by atoms with E-state index in [2.05, 4.69) is 10.9 Å². The third-order valence-corrected chi connectivity index (χ3v) is 3.69. The van der Waals surface area contributed by atoms with Crippen molar-refractivity contribution < 1.29 is 23.8 Å². The number of nitrogens with one attached hydrogen (secondary N) is 2. The van der Waals surface area contributed by atoms with E-state index in [9.17, 15) is 9.59 Å². The van der Waals surface area contributed by atoms with Gasteiger partial charge in [-0.15, -0.1) is 0 Å². The summed E-state index contributed by atoms with van der Waals surface area (Å²) >= 11 is 0. The minimum Gasteiger partial charge on any atom is -0.494 e. The van der Waals surface area contributed by atoms with Gasteiger partial charge in [-0.2, -0.15) is 0 Å². The van der Waals surface area contributed by atoms with Crippen LogP contribution in [0.2, 0.25) is 0 Å². The number of carbonyl (C=O) groups excluding carboxylic acids is 2. The molecule has 7 nitrogen and oxygen atoms in total. The van der Waals surface area contributed by atoms with Crippen LogP contribution in [-0.2, 0) is 9.59 Å². The molecule has 136 valence electrons. The van der Waals surface area contributed by atoms with Gasteiger partial charge in [0.1, 0.15) is 12.4 Å². The molecule has 2 aromatic rings. The van der Waals surface area contributed by atoms with Gasteiger partial charge in [-0.1, -0.05) is 30.3 Å². The third-order valence-electron chi connectivity index (χ3n) is 3.69. The number of hydrazine groups is 1. The van der Waals surface area contributed by atoms with Crippen LogP contribution < -0.4 is 25.1 Å². The second-order valence-corrected chi connectivity index (χ2v) is 5.67. The van der Waals surface area contributed by atoms with Crippen molar-refractivity contribution in [1.82, 2.24) is 10.9 Å². The maximum absolute atomic E-state index is 12.1. The number of carbonyl (C=O) groups is 2. The molecule has 2 N–H and O–H groups in total. The first-order valence-electron chi connectivity index (χ1n) is 8.37. The molecule has 2 amide bonds. The SMILES string of the molecule is O=C(CCCOc1ccccc1)NNC(=O)C1COc2ccccc2O1. The lowest BCUT2D eigenvalue weighted by Gasteiger charge is -2.25. The number of amides is 2. The van der Waals surface area contributed by atoms with E-state index in [1.54, 1.807) is 18.2 Å². The largest absolute Gasteiger partial charge is 0.494 e. The minimum absolute atomic E-state index is 0.0869. The fraction of sp³-hybridized carbons (Fsp3) is 0.263. The summed E-state index contributed by atoms with van der Waals surface area (Å²) in [7, 11) is 0. The van der Waals surface area contributed by atoms with E-state index >= 15 is 0 Å². The number of para-hydroxylation sites is 3. The zero-order valence-electron chi connectivity index (χ0n) is 14.1. The molecule has 0 spiro atoms. The summed E-state index contributed by atoms with van der Waals surface area (Å²) in [6.07, 6.45) is -0.0445. The van der Waals surface area contributed by atoms with Crippen molar-refractivity contribution in [3.8, 4) is 17.2 Å². The van der Waals surface area contributed by atoms with Crippen LogP contribution in [0.5, 0.6) is 17.2 Å². The van der Waals surface area contributed by atoms with Gasteiger partial charge in [0, 0.05) is 6.42 Å². The van der Waals surface area contributed by atoms with Crippen molar-refractivity contribution in [1.29, 1.82) is 0 Å². The fourth-order valence-corrected chi connectivity index (χ4v) is 2.36. The second-order valence-electron chi connectivity index (χ2n) is 5.67. The molecular formula is C19H20N2O5. The third kappa shape index (κ3) is 4.89. The van der Waals surface area contributed by atoms with Gasteiger partial charge >= 0.3 is 0 Å². The van der Waals surface area contributed by atoms with Crippen LogP contribution in [-0.4, -0.2) is 31.1 Å². The van der Waals surface area contributed by atoms with Gasteiger partial charge in [0.15, 0.2) is 11.5 Å². The summed E-state index contributed by atoms with van der Waals surface area (Å²) in [5.74, 6) is 1.10. The van der Waals surface area contributed by atoms with Crippen LogP contribution in [0.4, 0.5) is 0 Å². The van der Waals surface area contributed by atoms with E-state index in [4.69, 9.17) is 14.2 Å². The lowest BCUT2D eigenvalue weighted by molar-refractivity contribution is -0.135. The predicted octanol–water partition coefficient (Wildman–Crippen LogP) is 1.83. The van der Waals surface area contributed by atoms with Gasteiger partial charge in [-0.3, -0.25) is 20.4 Å². The van der Waals surface area contributed by atoms with Gasteiger partial charge in [0.25, 0.3) is 5.91 Å². The first kappa shape index (κ1) is 17.6. The molecule has 1 heterocycles. The Balaban J connectivity index is 1.33. The highest BCUT2D eigenvalue weighted by molar-refractivity contribution is 5.85. The first-order valence-corrected chi connectivity index (χ1v) is 8.37. The smallest absolute Gasteiger partial charge is 0.283 e. The van der Waals surface area contributed by atoms with E-state index in [1.807, 2.05) is 36.4 Å². The first-order chi connectivity index (χ1) is 12.7. The van der Waals surface area contributed by atoms with E-state index in [-0.39, 0.29) is 18.9 Å². The van der Waals surface area contributed by atoms with Crippen molar-refractivity contribution in [2.75, 3.05) is 13.2 Å². The van der Waals surface area contributed by atoms with E-state index in [0.29, 0.717) is 24.5 Å². The topological polar surface area (TPSA) is 85.9 Å². The lowest BCUT2D eigenvalue weighted by atomic mass is 10.2. The van der Waals surface area contributed by atoms with Gasteiger partial charge in [-0.05, 0) is 30.7 Å². The second kappa shape index (κ2) is 8.75. The molecule has 1 aliphatic rings. The number of rotatable bonds is 6. The van der Waals surface area contributed by atoms with Crippen molar-refractivity contribution in [3.63, 3.8) is 0 Å². The number of hydrogen-bond donors (Lipinski definition) is 2. The van der Waals surface area contributed by atoms with Crippen molar-refractivity contribution in [2.24, 2.45) is 0 Å². The molecule has 0 saturated heterocycles. The van der Waals surface area contributed by atoms with Crippen LogP contribution in [0.3, 0.4) is 0 Å². The molecule has 0 fully saturated rings. The number of hydrogen-bond acceptors (Lipinski definition) is 5. The highest BCUT2D eigenvalue weighted by Crippen LogP contribution is 2.30. The maximum atomic E-state index is 12.1. The van der Waals surface area contributed by atoms with E-state index in [1.165, 1.54) is 0 Å². The Kier molecular flexibility index (Phi) is 5.92. The number of benzene rings is 2. The van der Waals surface area contributed by atoms with Crippen LogP contribution in [0.15, 0.2) is 54.6 Å². The fourth-order valence-electron chi connectivity index (χ4n) is 2.36. The van der Waals surface area contributed by atoms with E-state index < -0.39 is 12.0 Å². The Hall–Kier alpha value is -3.22. The average Bonchev–Trinajstić information content (AvgIpc) is 2.70. The zero-order valence-corrected chi connectivity index (χ0v) is 14.1. The Morgan fingerprint density at radius 1 is 1.00 bits per heavy atom. The summed E-state index contributed by atoms with van der Waals surface area (Å²) in [4.78, 5) is 23.9. The predicted molar refractivity (Wildman–Crippen MR) is 93.8 cm³/mol. The number of ether oxygens (including phenoxy) is 3. The molecule has 2 aromatic carbocycles. The van der Waals surface area contributed by atoms with Crippen LogP contribution in [0, 0.1) is 0 Å². The molecule has 1 unspecified atom stereocenters. The zero-order chi connectivity index (χ0) is 18.2. The van der Waals surface area contributed by atoms with Crippen molar-refractivity contribution in [2.45, 2.75) is 18.9 Å². The molecule has 1 aliphatic heterocycles. The van der Waals surface area contributed by atoms with Crippen molar-refractivity contribution in [3.05, 3.63) is 54.6 Å². The quantitative estimate of drug-likeness (QED) is 0.609. The minimum atomic E-state index is -0.813. The molecule has 1 atom stereocenters. The maximum Gasteiger partial charge on any atom is 0.283 e. The van der Waals surface area contributed by atoms with Crippen LogP contribution in [0.1, 0.15) is 12.8 Å². The van der Waals surface area contributed by atoms with Gasteiger partial charge in [0.05, 0.1) is 6.61 Å². The molecule has 7 heteroatoms. The van der Waals surface area contributed by atoms with Crippen LogP contribution in [0.25, 0.3) is 0 Å². The molecule has 0 radical (unpaired) electrons. The summed E-state index contributed by atoms with van der Waals surface area (Å²) in [6.45, 7) is 0.505. The molecule has 0 bridgehead atoms. The Bertz CT molecular complexity index is 751. The Morgan fingerprint density at radius 2 is 1.73 bits per heavy atom. The molecule has 26 heavy (non-hydrogen) atoms. The molecule has 0 aliphatic carbocycles. The molecule has 3 rings (SSSR count). The number of fused-ring (bicyclic) bond motifs is 1. The summed E-state index contributed by atoms with van der Waals surface area (Å²) in [6, 6.07) is 16.5. The normalized spacial score (nSPS) is 15.0. The lowest BCUT2D eigenvalue weighted by Crippen LogP contribution is -2.50. The monoisotopic (exact) mass is 356 g/mol. The molecular weight excluding hydrogens is 336 g/mol. The summed E-state index contributed by atoms with van der Waals surface area (Å²) < 4.78 is 16.5. The Morgan fingerprint density at radius 3 is 2.54 bits per heavy atom. The standard InChI is InChI=1S/C19H20N2O5/c22-18(11-6-12-24-14-7-2-1-3-8-14)20-21-19(23)17-13-25-15-9-4-5-10-16(15)26-17/h1-5,7-10,17H,6,11-13H2,(H,20,22)(H,21,23). The Labute approximate surface area is 151 Å². The molecule has 0 saturated carbocycles. The van der Waals surface area contributed by atoms with Crippen molar-refractivity contribution >= 4 is 11.8 Å². The average molecular weight is 356 g/mol. The highest BCUT2D eigenvalue weighted by Gasteiger charge is 2.27. The van der Waals surface area contributed by atoms with Gasteiger partial charge in [-0.25, -0.2) is 0 Å². The van der Waals surface area contributed by atoms with Crippen LogP contribution >= 0.6 is 0 Å². The molecule has 0 aromatic heterocycles.